The number of aromatic carboxylic acids is 1. The number of hydrogen-bond acceptors (Lipinski definition) is 2. The predicted molar refractivity (Wildman–Crippen MR) is 86.2 cm³/mol. The van der Waals surface area contributed by atoms with E-state index in [0.717, 1.165) is 28.7 Å². The van der Waals surface area contributed by atoms with Crippen LogP contribution in [0.5, 0.6) is 0 Å². The lowest BCUT2D eigenvalue weighted by molar-refractivity contribution is 0.0697. The van der Waals surface area contributed by atoms with Crippen molar-refractivity contribution in [3.8, 4) is 11.3 Å². The molecule has 0 aliphatic rings. The van der Waals surface area contributed by atoms with E-state index in [2.05, 4.69) is 16.7 Å². The molecule has 0 bridgehead atoms. The standard InChI is InChI=1S/C18H17NO3/c1-22-10-9-19-16-8-7-14(18(20)21)11-15(16)12-17(19)13-5-3-2-4-6-13/h2-8,11-12H,9-10H2,1H3,(H,20,21). The molecule has 0 fully saturated rings. The highest BCUT2D eigenvalue weighted by molar-refractivity contribution is 5.95. The molecule has 0 atom stereocenters. The van der Waals surface area contributed by atoms with Gasteiger partial charge in [-0.05, 0) is 29.8 Å². The van der Waals surface area contributed by atoms with E-state index >= 15 is 0 Å². The van der Waals surface area contributed by atoms with E-state index in [9.17, 15) is 4.79 Å². The Morgan fingerprint density at radius 3 is 2.59 bits per heavy atom. The molecule has 0 amide bonds. The number of methoxy groups -OCH3 is 1. The molecule has 0 radical (unpaired) electrons. The third-order valence-corrected chi connectivity index (χ3v) is 3.74. The van der Waals surface area contributed by atoms with Crippen molar-refractivity contribution in [1.29, 1.82) is 0 Å². The quantitative estimate of drug-likeness (QED) is 0.781. The molecule has 0 saturated carbocycles. The van der Waals surface area contributed by atoms with E-state index in [1.54, 1.807) is 19.2 Å². The highest BCUT2D eigenvalue weighted by Crippen LogP contribution is 2.29. The predicted octanol–water partition coefficient (Wildman–Crippen LogP) is 3.65. The van der Waals surface area contributed by atoms with E-state index in [1.807, 2.05) is 30.3 Å². The van der Waals surface area contributed by atoms with Crippen LogP contribution in [0.25, 0.3) is 22.2 Å². The van der Waals surface area contributed by atoms with Gasteiger partial charge in [-0.15, -0.1) is 0 Å². The molecular weight excluding hydrogens is 278 g/mol. The van der Waals surface area contributed by atoms with Gasteiger partial charge in [-0.2, -0.15) is 0 Å². The van der Waals surface area contributed by atoms with Crippen molar-refractivity contribution in [3.05, 3.63) is 60.2 Å². The normalized spacial score (nSPS) is 11.0. The van der Waals surface area contributed by atoms with Crippen molar-refractivity contribution in [2.45, 2.75) is 6.54 Å². The summed E-state index contributed by atoms with van der Waals surface area (Å²) in [5.74, 6) is -0.909. The highest BCUT2D eigenvalue weighted by Gasteiger charge is 2.12. The first kappa shape index (κ1) is 14.4. The summed E-state index contributed by atoms with van der Waals surface area (Å²) in [4.78, 5) is 11.2. The van der Waals surface area contributed by atoms with Gasteiger partial charge < -0.3 is 14.4 Å². The summed E-state index contributed by atoms with van der Waals surface area (Å²) in [5, 5.41) is 10.1. The molecule has 0 aliphatic heterocycles. The molecule has 112 valence electrons. The van der Waals surface area contributed by atoms with Crippen molar-refractivity contribution >= 4 is 16.9 Å². The van der Waals surface area contributed by atoms with Gasteiger partial charge in [0.2, 0.25) is 0 Å². The molecule has 0 saturated heterocycles. The molecule has 4 heteroatoms. The highest BCUT2D eigenvalue weighted by atomic mass is 16.5. The average Bonchev–Trinajstić information content (AvgIpc) is 2.91. The Balaban J connectivity index is 2.18. The number of carbonyl (C=O) groups is 1. The third-order valence-electron chi connectivity index (χ3n) is 3.74. The van der Waals surface area contributed by atoms with Gasteiger partial charge in [-0.1, -0.05) is 30.3 Å². The van der Waals surface area contributed by atoms with Crippen molar-refractivity contribution in [1.82, 2.24) is 4.57 Å². The second-order valence-electron chi connectivity index (χ2n) is 5.12. The lowest BCUT2D eigenvalue weighted by Crippen LogP contribution is -2.05. The Morgan fingerprint density at radius 1 is 1.14 bits per heavy atom. The van der Waals surface area contributed by atoms with E-state index < -0.39 is 5.97 Å². The lowest BCUT2D eigenvalue weighted by Gasteiger charge is -2.10. The van der Waals surface area contributed by atoms with Crippen LogP contribution in [0.15, 0.2) is 54.6 Å². The maximum absolute atomic E-state index is 11.2. The average molecular weight is 295 g/mol. The van der Waals surface area contributed by atoms with Crippen LogP contribution in [0.2, 0.25) is 0 Å². The van der Waals surface area contributed by atoms with E-state index in [-0.39, 0.29) is 0 Å². The van der Waals surface area contributed by atoms with Crippen LogP contribution in [-0.2, 0) is 11.3 Å². The largest absolute Gasteiger partial charge is 0.478 e. The van der Waals surface area contributed by atoms with Crippen LogP contribution in [-0.4, -0.2) is 29.4 Å². The Kier molecular flexibility index (Phi) is 3.94. The van der Waals surface area contributed by atoms with Gasteiger partial charge >= 0.3 is 5.97 Å². The van der Waals surface area contributed by atoms with Crippen LogP contribution in [0.3, 0.4) is 0 Å². The molecule has 3 aromatic rings. The monoisotopic (exact) mass is 295 g/mol. The number of carboxylic acid groups (broad SMARTS) is 1. The van der Waals surface area contributed by atoms with Crippen LogP contribution in [0, 0.1) is 0 Å². The molecule has 4 nitrogen and oxygen atoms in total. The topological polar surface area (TPSA) is 51.5 Å². The smallest absolute Gasteiger partial charge is 0.335 e. The van der Waals surface area contributed by atoms with E-state index in [0.29, 0.717) is 12.2 Å². The molecule has 0 spiro atoms. The molecule has 1 aromatic heterocycles. The number of aromatic nitrogens is 1. The second kappa shape index (κ2) is 6.03. The number of fused-ring (bicyclic) bond motifs is 1. The van der Waals surface area contributed by atoms with Gasteiger partial charge in [-0.3, -0.25) is 0 Å². The minimum atomic E-state index is -0.909. The fourth-order valence-electron chi connectivity index (χ4n) is 2.68. The van der Waals surface area contributed by atoms with Crippen LogP contribution in [0.4, 0.5) is 0 Å². The van der Waals surface area contributed by atoms with E-state index in [1.165, 1.54) is 0 Å². The molecule has 22 heavy (non-hydrogen) atoms. The first-order chi connectivity index (χ1) is 10.7. The first-order valence-corrected chi connectivity index (χ1v) is 7.11. The number of hydrogen-bond donors (Lipinski definition) is 1. The Morgan fingerprint density at radius 2 is 1.91 bits per heavy atom. The molecule has 3 rings (SSSR count). The van der Waals surface area contributed by atoms with Crippen molar-refractivity contribution in [2.24, 2.45) is 0 Å². The van der Waals surface area contributed by atoms with Crippen molar-refractivity contribution < 1.29 is 14.6 Å². The summed E-state index contributed by atoms with van der Waals surface area (Å²) in [6, 6.07) is 17.3. The van der Waals surface area contributed by atoms with Gasteiger partial charge in [0.1, 0.15) is 0 Å². The fourth-order valence-corrected chi connectivity index (χ4v) is 2.68. The zero-order valence-electron chi connectivity index (χ0n) is 12.3. The lowest BCUT2D eigenvalue weighted by atomic mass is 10.1. The molecule has 2 aromatic carbocycles. The molecule has 0 unspecified atom stereocenters. The summed E-state index contributed by atoms with van der Waals surface area (Å²) in [6.45, 7) is 1.32. The number of rotatable bonds is 5. The van der Waals surface area contributed by atoms with E-state index in [4.69, 9.17) is 9.84 Å². The van der Waals surface area contributed by atoms with Crippen LogP contribution >= 0.6 is 0 Å². The SMILES string of the molecule is COCCn1c(-c2ccccc2)cc2cc(C(=O)O)ccc21. The molecular formula is C18H17NO3. The van der Waals surface area contributed by atoms with Gasteiger partial charge in [0.05, 0.1) is 12.2 Å². The second-order valence-corrected chi connectivity index (χ2v) is 5.12. The third kappa shape index (κ3) is 2.61. The molecule has 1 heterocycles. The fraction of sp³-hybridized carbons (Fsp3) is 0.167. The molecule has 1 N–H and O–H groups in total. The number of ether oxygens (including phenoxy) is 1. The van der Waals surface area contributed by atoms with Gasteiger partial charge in [0.25, 0.3) is 0 Å². The molecule has 0 aliphatic carbocycles. The maximum atomic E-state index is 11.2. The first-order valence-electron chi connectivity index (χ1n) is 7.11. The van der Waals surface area contributed by atoms with Crippen molar-refractivity contribution in [3.63, 3.8) is 0 Å². The van der Waals surface area contributed by atoms with Crippen molar-refractivity contribution in [2.75, 3.05) is 13.7 Å². The van der Waals surface area contributed by atoms with Crippen LogP contribution in [0.1, 0.15) is 10.4 Å². The number of carboxylic acids is 1. The zero-order chi connectivity index (χ0) is 15.5. The summed E-state index contributed by atoms with van der Waals surface area (Å²) in [7, 11) is 1.68. The number of benzene rings is 2. The van der Waals surface area contributed by atoms with Gasteiger partial charge in [0, 0.05) is 30.3 Å². The summed E-state index contributed by atoms with van der Waals surface area (Å²) < 4.78 is 7.37. The Hall–Kier alpha value is -2.59. The minimum absolute atomic E-state index is 0.302. The Labute approximate surface area is 128 Å². The summed E-state index contributed by atoms with van der Waals surface area (Å²) in [5.41, 5.74) is 3.48. The van der Waals surface area contributed by atoms with Crippen LogP contribution < -0.4 is 0 Å². The maximum Gasteiger partial charge on any atom is 0.335 e. The Bertz CT molecular complexity index is 806. The minimum Gasteiger partial charge on any atom is -0.478 e. The summed E-state index contributed by atoms with van der Waals surface area (Å²) in [6.07, 6.45) is 0. The van der Waals surface area contributed by atoms with Gasteiger partial charge in [-0.25, -0.2) is 4.79 Å². The van der Waals surface area contributed by atoms with Gasteiger partial charge in [0.15, 0.2) is 0 Å². The summed E-state index contributed by atoms with van der Waals surface area (Å²) >= 11 is 0. The number of nitrogens with zero attached hydrogens (tertiary/aromatic N) is 1. The zero-order valence-corrected chi connectivity index (χ0v) is 12.3.